The zero-order valence-corrected chi connectivity index (χ0v) is 20.4. The van der Waals surface area contributed by atoms with Crippen LogP contribution in [0, 0.1) is 62.1 Å². The van der Waals surface area contributed by atoms with Gasteiger partial charge in [-0.2, -0.15) is 15.8 Å². The summed E-state index contributed by atoms with van der Waals surface area (Å²) < 4.78 is 13.0. The molecule has 1 saturated carbocycles. The lowest BCUT2D eigenvalue weighted by atomic mass is 9.51. The van der Waals surface area contributed by atoms with Crippen LogP contribution in [-0.4, -0.2) is 17.8 Å². The Morgan fingerprint density at radius 1 is 1.00 bits per heavy atom. The summed E-state index contributed by atoms with van der Waals surface area (Å²) in [6.45, 7) is 6.12. The fourth-order valence-corrected chi connectivity index (χ4v) is 6.80. The minimum absolute atomic E-state index is 0.253. The molecular formula is C28H36N4O2. The normalized spacial score (nSPS) is 37.8. The molecule has 0 spiro atoms. The number of hydrogen-bond donors (Lipinski definition) is 1. The van der Waals surface area contributed by atoms with Gasteiger partial charge < -0.3 is 9.47 Å². The third-order valence-electron chi connectivity index (χ3n) is 8.80. The summed E-state index contributed by atoms with van der Waals surface area (Å²) in [5.74, 6) is -1.51. The van der Waals surface area contributed by atoms with E-state index in [4.69, 9.17) is 14.9 Å². The van der Waals surface area contributed by atoms with Crippen LogP contribution in [0.1, 0.15) is 90.4 Å². The van der Waals surface area contributed by atoms with E-state index in [2.05, 4.69) is 30.9 Å². The largest absolute Gasteiger partial charge is 0.447 e. The summed E-state index contributed by atoms with van der Waals surface area (Å²) in [6.07, 6.45) is 13.3. The average molecular weight is 461 g/mol. The van der Waals surface area contributed by atoms with E-state index in [1.54, 1.807) is 0 Å². The molecule has 1 N–H and O–H groups in total. The second kappa shape index (κ2) is 9.56. The van der Waals surface area contributed by atoms with Crippen LogP contribution in [0.4, 0.5) is 0 Å². The van der Waals surface area contributed by atoms with Crippen LogP contribution in [0.2, 0.25) is 0 Å². The Labute approximate surface area is 203 Å². The summed E-state index contributed by atoms with van der Waals surface area (Å²) in [4.78, 5) is 0. The first kappa shape index (κ1) is 24.5. The van der Waals surface area contributed by atoms with Crippen LogP contribution in [0.5, 0.6) is 0 Å². The van der Waals surface area contributed by atoms with Gasteiger partial charge in [0.15, 0.2) is 5.41 Å². The Morgan fingerprint density at radius 2 is 1.65 bits per heavy atom. The van der Waals surface area contributed by atoms with Crippen molar-refractivity contribution in [3.63, 3.8) is 0 Å². The lowest BCUT2D eigenvalue weighted by molar-refractivity contribution is -0.276. The molecule has 2 saturated heterocycles. The monoisotopic (exact) mass is 460 g/mol. The fourth-order valence-electron chi connectivity index (χ4n) is 6.80. The van der Waals surface area contributed by atoms with E-state index >= 15 is 0 Å². The van der Waals surface area contributed by atoms with Crippen molar-refractivity contribution < 1.29 is 9.47 Å². The predicted octanol–water partition coefficient (Wildman–Crippen LogP) is 6.47. The maximum atomic E-state index is 10.6. The van der Waals surface area contributed by atoms with Crippen LogP contribution < -0.4 is 0 Å². The highest BCUT2D eigenvalue weighted by atomic mass is 16.7. The van der Waals surface area contributed by atoms with E-state index in [-0.39, 0.29) is 5.90 Å². The fraction of sp³-hybridized carbons (Fsp3) is 0.714. The highest BCUT2D eigenvalue weighted by Gasteiger charge is 2.80. The van der Waals surface area contributed by atoms with Crippen molar-refractivity contribution in [2.24, 2.45) is 22.7 Å². The first-order chi connectivity index (χ1) is 16.4. The van der Waals surface area contributed by atoms with Crippen molar-refractivity contribution in [2.45, 2.75) is 102 Å². The molecule has 0 aromatic heterocycles. The van der Waals surface area contributed by atoms with Crippen LogP contribution in [0.3, 0.4) is 0 Å². The van der Waals surface area contributed by atoms with Gasteiger partial charge in [0, 0.05) is 6.42 Å². The number of hydrogen-bond acceptors (Lipinski definition) is 6. The van der Waals surface area contributed by atoms with E-state index in [9.17, 15) is 15.8 Å². The highest BCUT2D eigenvalue weighted by molar-refractivity contribution is 5.89. The van der Waals surface area contributed by atoms with Crippen LogP contribution in [0.15, 0.2) is 23.8 Å². The molecule has 4 aliphatic rings. The van der Waals surface area contributed by atoms with Crippen molar-refractivity contribution in [3.05, 3.63) is 23.8 Å². The third-order valence-corrected chi connectivity index (χ3v) is 8.80. The van der Waals surface area contributed by atoms with Gasteiger partial charge in [-0.25, -0.2) is 0 Å². The van der Waals surface area contributed by atoms with Crippen LogP contribution in [-0.2, 0) is 9.47 Å². The van der Waals surface area contributed by atoms with Crippen molar-refractivity contribution in [1.29, 1.82) is 21.2 Å². The lowest BCUT2D eigenvalue weighted by Crippen LogP contribution is -2.63. The van der Waals surface area contributed by atoms with Gasteiger partial charge in [-0.15, -0.1) is 0 Å². The number of rotatable bonds is 2. The average Bonchev–Trinajstić information content (AvgIpc) is 3.02. The molecule has 0 amide bonds. The molecule has 0 radical (unpaired) electrons. The third kappa shape index (κ3) is 3.57. The molecule has 6 nitrogen and oxygen atoms in total. The summed E-state index contributed by atoms with van der Waals surface area (Å²) >= 11 is 0. The van der Waals surface area contributed by atoms with Gasteiger partial charge in [-0.3, -0.25) is 5.41 Å². The molecule has 4 rings (SSSR count). The zero-order valence-electron chi connectivity index (χ0n) is 20.4. The SMILES string of the molecule is C=C(C)C1CC=C(C2OC34CCCCCCCCCCC3C(C#N)(C(=N)O4)C2(C#N)C#N)CC1. The smallest absolute Gasteiger partial charge is 0.217 e. The number of nitrogens with one attached hydrogen (secondary N) is 1. The second-order valence-corrected chi connectivity index (χ2v) is 10.7. The number of nitrogens with zero attached hydrogens (tertiary/aromatic N) is 3. The second-order valence-electron chi connectivity index (χ2n) is 10.7. The quantitative estimate of drug-likeness (QED) is 0.475. The molecule has 5 atom stereocenters. The van der Waals surface area contributed by atoms with E-state index in [0.717, 1.165) is 62.5 Å². The molecule has 2 heterocycles. The molecule has 0 aromatic carbocycles. The lowest BCUT2D eigenvalue weighted by Gasteiger charge is -2.51. The molecule has 0 aromatic rings. The topological polar surface area (TPSA) is 114 Å². The minimum atomic E-state index is -1.82. The molecule has 2 aliphatic heterocycles. The number of ether oxygens (including phenoxy) is 2. The molecule has 180 valence electrons. The number of nitriles is 3. The van der Waals surface area contributed by atoms with Crippen molar-refractivity contribution in [2.75, 3.05) is 0 Å². The summed E-state index contributed by atoms with van der Waals surface area (Å²) in [5.41, 5.74) is -1.43. The molecule has 6 heteroatoms. The molecule has 3 fully saturated rings. The predicted molar refractivity (Wildman–Crippen MR) is 128 cm³/mol. The zero-order chi connectivity index (χ0) is 24.4. The summed E-state index contributed by atoms with van der Waals surface area (Å²) in [7, 11) is 0. The molecule has 34 heavy (non-hydrogen) atoms. The molecule has 2 bridgehead atoms. The van der Waals surface area contributed by atoms with Gasteiger partial charge in [0.25, 0.3) is 0 Å². The van der Waals surface area contributed by atoms with Crippen molar-refractivity contribution >= 4 is 5.90 Å². The highest BCUT2D eigenvalue weighted by Crippen LogP contribution is 2.66. The van der Waals surface area contributed by atoms with Gasteiger partial charge in [0.2, 0.25) is 17.1 Å². The first-order valence-electron chi connectivity index (χ1n) is 12.9. The Morgan fingerprint density at radius 3 is 2.21 bits per heavy atom. The van der Waals surface area contributed by atoms with Gasteiger partial charge in [-0.1, -0.05) is 63.2 Å². The maximum Gasteiger partial charge on any atom is 0.217 e. The van der Waals surface area contributed by atoms with Crippen molar-refractivity contribution in [1.82, 2.24) is 0 Å². The molecular weight excluding hydrogens is 424 g/mol. The Balaban J connectivity index is 1.82. The maximum absolute atomic E-state index is 10.6. The van der Waals surface area contributed by atoms with Crippen molar-refractivity contribution in [3.8, 4) is 18.2 Å². The standard InChI is InChI=1S/C28H36N4O2/c1-20(2)21-12-14-22(15-13-21)24-26(17-29,18-30)27(19-31)23-11-9-7-5-3-4-6-8-10-16-28(23,33-24)34-25(27)32/h14,21,23-24,32H,1,3-13,15-16H2,2H3. The first-order valence-corrected chi connectivity index (χ1v) is 12.9. The Bertz CT molecular complexity index is 981. The van der Waals surface area contributed by atoms with E-state index in [0.29, 0.717) is 25.2 Å². The van der Waals surface area contributed by atoms with Gasteiger partial charge in [-0.05, 0) is 50.5 Å². The van der Waals surface area contributed by atoms with Gasteiger partial charge >= 0.3 is 0 Å². The molecule has 2 aliphatic carbocycles. The summed E-state index contributed by atoms with van der Waals surface area (Å²) in [5, 5.41) is 40.5. The molecule has 5 unspecified atom stereocenters. The van der Waals surface area contributed by atoms with E-state index < -0.39 is 28.6 Å². The van der Waals surface area contributed by atoms with Gasteiger partial charge in [0.05, 0.1) is 24.1 Å². The Hall–Kier alpha value is -2.62. The van der Waals surface area contributed by atoms with E-state index in [1.165, 1.54) is 12.8 Å². The number of allylic oxidation sites excluding steroid dienone is 2. The van der Waals surface area contributed by atoms with Crippen LogP contribution >= 0.6 is 0 Å². The summed E-state index contributed by atoms with van der Waals surface area (Å²) in [6, 6.07) is 6.79. The van der Waals surface area contributed by atoms with Gasteiger partial charge in [0.1, 0.15) is 6.10 Å². The Kier molecular flexibility index (Phi) is 6.89. The van der Waals surface area contributed by atoms with E-state index in [1.807, 2.05) is 6.92 Å². The van der Waals surface area contributed by atoms with Crippen LogP contribution in [0.25, 0.3) is 0 Å². The minimum Gasteiger partial charge on any atom is -0.447 e.